The molecule has 2 aromatic carbocycles. The Labute approximate surface area is 202 Å². The van der Waals surface area contributed by atoms with Gasteiger partial charge >= 0.3 is 0 Å². The fourth-order valence-corrected chi connectivity index (χ4v) is 4.91. The van der Waals surface area contributed by atoms with Crippen molar-refractivity contribution in [3.8, 4) is 11.3 Å². The van der Waals surface area contributed by atoms with Crippen LogP contribution < -0.4 is 5.56 Å². The minimum absolute atomic E-state index is 0.0417. The zero-order valence-electron chi connectivity index (χ0n) is 19.9. The van der Waals surface area contributed by atoms with E-state index in [-0.39, 0.29) is 11.4 Å². The summed E-state index contributed by atoms with van der Waals surface area (Å²) < 4.78 is 20.8. The molecular weight excluding hydrogens is 451 g/mol. The summed E-state index contributed by atoms with van der Waals surface area (Å²) in [6.45, 7) is 9.95. The molecule has 2 heterocycles. The summed E-state index contributed by atoms with van der Waals surface area (Å²) >= 11 is 1.43. The molecule has 0 radical (unpaired) electrons. The first-order chi connectivity index (χ1) is 16.3. The van der Waals surface area contributed by atoms with Crippen molar-refractivity contribution in [1.82, 2.24) is 19.4 Å². The fraction of sp³-hybridized carbons (Fsp3) is 0.346. The van der Waals surface area contributed by atoms with Crippen molar-refractivity contribution in [2.24, 2.45) is 0 Å². The van der Waals surface area contributed by atoms with E-state index in [1.54, 1.807) is 22.9 Å². The molecule has 0 spiro atoms. The van der Waals surface area contributed by atoms with Crippen LogP contribution in [0.2, 0.25) is 0 Å². The predicted molar refractivity (Wildman–Crippen MR) is 134 cm³/mol. The van der Waals surface area contributed by atoms with E-state index in [4.69, 9.17) is 9.40 Å². The lowest BCUT2D eigenvalue weighted by molar-refractivity contribution is 0.166. The molecule has 178 valence electrons. The van der Waals surface area contributed by atoms with Gasteiger partial charge in [-0.3, -0.25) is 14.3 Å². The third kappa shape index (κ3) is 5.39. The molecule has 0 amide bonds. The van der Waals surface area contributed by atoms with Crippen molar-refractivity contribution in [2.45, 2.75) is 57.2 Å². The van der Waals surface area contributed by atoms with E-state index < -0.39 is 0 Å². The van der Waals surface area contributed by atoms with Gasteiger partial charge in [0.15, 0.2) is 10.9 Å². The molecule has 0 aliphatic heterocycles. The van der Waals surface area contributed by atoms with Gasteiger partial charge in [-0.05, 0) is 64.1 Å². The highest BCUT2D eigenvalue weighted by atomic mass is 32.2. The van der Waals surface area contributed by atoms with Crippen molar-refractivity contribution >= 4 is 22.7 Å². The van der Waals surface area contributed by atoms with Crippen molar-refractivity contribution in [3.05, 3.63) is 76.8 Å². The first-order valence-corrected chi connectivity index (χ1v) is 12.4. The van der Waals surface area contributed by atoms with Crippen LogP contribution in [0.3, 0.4) is 0 Å². The van der Waals surface area contributed by atoms with Gasteiger partial charge in [0.05, 0.1) is 22.9 Å². The second kappa shape index (κ2) is 10.5. The van der Waals surface area contributed by atoms with Crippen LogP contribution in [0, 0.1) is 5.82 Å². The molecule has 6 nitrogen and oxygen atoms in total. The van der Waals surface area contributed by atoms with E-state index in [9.17, 15) is 9.18 Å². The summed E-state index contributed by atoms with van der Waals surface area (Å²) in [6.07, 6.45) is 1.63. The van der Waals surface area contributed by atoms with Gasteiger partial charge in [0.25, 0.3) is 5.56 Å². The molecule has 4 aromatic rings. The van der Waals surface area contributed by atoms with Crippen LogP contribution >= 0.6 is 11.8 Å². The summed E-state index contributed by atoms with van der Waals surface area (Å²) in [6, 6.07) is 14.3. The minimum atomic E-state index is -0.298. The van der Waals surface area contributed by atoms with Crippen LogP contribution in [0.1, 0.15) is 33.6 Å². The predicted octanol–water partition coefficient (Wildman–Crippen LogP) is 5.60. The summed E-state index contributed by atoms with van der Waals surface area (Å²) in [7, 11) is 0. The van der Waals surface area contributed by atoms with Crippen LogP contribution in [0.15, 0.2) is 69.1 Å². The van der Waals surface area contributed by atoms with E-state index >= 15 is 0 Å². The fourth-order valence-electron chi connectivity index (χ4n) is 4.03. The van der Waals surface area contributed by atoms with E-state index in [1.165, 1.54) is 23.9 Å². The maximum absolute atomic E-state index is 13.4. The second-order valence-electron chi connectivity index (χ2n) is 8.71. The van der Waals surface area contributed by atoms with E-state index in [0.29, 0.717) is 52.1 Å². The van der Waals surface area contributed by atoms with Crippen molar-refractivity contribution < 1.29 is 8.81 Å². The number of nitrogens with zero attached hydrogens (tertiary/aromatic N) is 4. The molecular formula is C26H29FN4O2S. The van der Waals surface area contributed by atoms with Gasteiger partial charge in [0.2, 0.25) is 5.89 Å². The molecule has 0 N–H and O–H groups in total. The van der Waals surface area contributed by atoms with Gasteiger partial charge in [-0.25, -0.2) is 14.4 Å². The first-order valence-electron chi connectivity index (χ1n) is 11.4. The van der Waals surface area contributed by atoms with Crippen molar-refractivity contribution in [2.75, 3.05) is 6.54 Å². The Hall–Kier alpha value is -2.97. The summed E-state index contributed by atoms with van der Waals surface area (Å²) in [5, 5.41) is 1.25. The molecule has 0 saturated heterocycles. The lowest BCUT2D eigenvalue weighted by Crippen LogP contribution is -2.40. The quantitative estimate of drug-likeness (QED) is 0.229. The normalized spacial score (nSPS) is 11.9. The molecule has 8 heteroatoms. The van der Waals surface area contributed by atoms with Crippen LogP contribution in [0.4, 0.5) is 4.39 Å². The highest BCUT2D eigenvalue weighted by Crippen LogP contribution is 2.26. The monoisotopic (exact) mass is 480 g/mol. The molecule has 0 atom stereocenters. The summed E-state index contributed by atoms with van der Waals surface area (Å²) in [5.74, 6) is 1.21. The number of fused-ring (bicyclic) bond motifs is 1. The third-order valence-electron chi connectivity index (χ3n) is 5.74. The van der Waals surface area contributed by atoms with Gasteiger partial charge in [-0.2, -0.15) is 0 Å². The Bertz CT molecular complexity index is 1310. The number of halogens is 1. The van der Waals surface area contributed by atoms with Gasteiger partial charge in [-0.15, -0.1) is 0 Å². The number of hydrogen-bond acceptors (Lipinski definition) is 6. The number of hydrogen-bond donors (Lipinski definition) is 0. The molecule has 0 aliphatic rings. The highest BCUT2D eigenvalue weighted by molar-refractivity contribution is 7.98. The first kappa shape index (κ1) is 24.2. The smallest absolute Gasteiger partial charge is 0.262 e. The van der Waals surface area contributed by atoms with Gasteiger partial charge < -0.3 is 4.42 Å². The van der Waals surface area contributed by atoms with E-state index in [2.05, 4.69) is 37.6 Å². The number of oxazole rings is 1. The molecule has 0 aliphatic carbocycles. The number of thioether (sulfide) groups is 1. The Kier molecular flexibility index (Phi) is 7.48. The number of rotatable bonds is 9. The summed E-state index contributed by atoms with van der Waals surface area (Å²) in [5.41, 5.74) is 1.39. The number of para-hydroxylation sites is 1. The van der Waals surface area contributed by atoms with Crippen molar-refractivity contribution in [1.29, 1.82) is 0 Å². The minimum Gasteiger partial charge on any atom is -0.440 e. The number of aromatic nitrogens is 3. The Morgan fingerprint density at radius 3 is 2.47 bits per heavy atom. The van der Waals surface area contributed by atoms with Gasteiger partial charge in [0, 0.05) is 30.7 Å². The molecule has 0 bridgehead atoms. The zero-order valence-corrected chi connectivity index (χ0v) is 20.7. The van der Waals surface area contributed by atoms with E-state index in [1.807, 2.05) is 24.3 Å². The highest BCUT2D eigenvalue weighted by Gasteiger charge is 2.17. The Morgan fingerprint density at radius 2 is 1.76 bits per heavy atom. The molecule has 0 fully saturated rings. The van der Waals surface area contributed by atoms with Gasteiger partial charge in [0.1, 0.15) is 5.82 Å². The molecule has 2 aromatic heterocycles. The van der Waals surface area contributed by atoms with Gasteiger partial charge in [-0.1, -0.05) is 23.9 Å². The van der Waals surface area contributed by atoms with Crippen LogP contribution in [0.25, 0.3) is 22.2 Å². The standard InChI is InChI=1S/C26H29FN4O2S/c1-17(2)30(18(3)4)13-14-31-25(32)21-7-5-6-8-22(21)29-26(31)34-16-24-28-15-23(33-24)19-9-11-20(27)12-10-19/h5-12,15,17-18H,13-14,16H2,1-4H3. The zero-order chi connectivity index (χ0) is 24.2. The van der Waals surface area contributed by atoms with Crippen LogP contribution in [0.5, 0.6) is 0 Å². The molecule has 4 rings (SSSR count). The average molecular weight is 481 g/mol. The third-order valence-corrected chi connectivity index (χ3v) is 6.70. The lowest BCUT2D eigenvalue weighted by Gasteiger charge is -2.30. The van der Waals surface area contributed by atoms with Crippen molar-refractivity contribution in [3.63, 3.8) is 0 Å². The second-order valence-corrected chi connectivity index (χ2v) is 9.65. The topological polar surface area (TPSA) is 64.2 Å². The maximum atomic E-state index is 13.4. The molecule has 0 saturated carbocycles. The molecule has 34 heavy (non-hydrogen) atoms. The molecule has 0 unspecified atom stereocenters. The Balaban J connectivity index is 1.59. The lowest BCUT2D eigenvalue weighted by atomic mass is 10.2. The summed E-state index contributed by atoms with van der Waals surface area (Å²) in [4.78, 5) is 24.9. The van der Waals surface area contributed by atoms with Crippen LogP contribution in [-0.2, 0) is 12.3 Å². The van der Waals surface area contributed by atoms with E-state index in [0.717, 1.165) is 12.1 Å². The average Bonchev–Trinajstić information content (AvgIpc) is 3.28. The SMILES string of the molecule is CC(C)N(CCn1c(SCc2ncc(-c3ccc(F)cc3)o2)nc2ccccc2c1=O)C(C)C. The largest absolute Gasteiger partial charge is 0.440 e. The number of benzene rings is 2. The Morgan fingerprint density at radius 1 is 1.06 bits per heavy atom. The maximum Gasteiger partial charge on any atom is 0.262 e. The van der Waals surface area contributed by atoms with Crippen LogP contribution in [-0.4, -0.2) is 38.1 Å².